The molecule has 0 aliphatic carbocycles. The Balaban J connectivity index is 2.26. The highest BCUT2D eigenvalue weighted by molar-refractivity contribution is 7.18. The standard InChI is InChI=1S/C15H14N2O2S/c1-9-8-12-13(20-9)16-15(19)17(14(12)18)10(2)11-6-4-3-5-7-11/h3-8,10H,1-2H3,(H,16,19). The van der Waals surface area contributed by atoms with Crippen molar-refractivity contribution in [3.63, 3.8) is 0 Å². The van der Waals surface area contributed by atoms with E-state index in [4.69, 9.17) is 0 Å². The van der Waals surface area contributed by atoms with Gasteiger partial charge in [-0.1, -0.05) is 30.3 Å². The van der Waals surface area contributed by atoms with Gasteiger partial charge in [0.1, 0.15) is 4.83 Å². The van der Waals surface area contributed by atoms with E-state index in [1.54, 1.807) is 0 Å². The Morgan fingerprint density at radius 1 is 1.20 bits per heavy atom. The van der Waals surface area contributed by atoms with E-state index < -0.39 is 0 Å². The highest BCUT2D eigenvalue weighted by Gasteiger charge is 2.16. The van der Waals surface area contributed by atoms with E-state index >= 15 is 0 Å². The summed E-state index contributed by atoms with van der Waals surface area (Å²) in [5.41, 5.74) is 0.344. The van der Waals surface area contributed by atoms with Gasteiger partial charge >= 0.3 is 5.69 Å². The Bertz CT molecular complexity index is 874. The Kier molecular flexibility index (Phi) is 3.06. The zero-order valence-electron chi connectivity index (χ0n) is 11.2. The summed E-state index contributed by atoms with van der Waals surface area (Å²) in [7, 11) is 0. The molecule has 4 nitrogen and oxygen atoms in total. The molecule has 1 N–H and O–H groups in total. The van der Waals surface area contributed by atoms with E-state index in [0.717, 1.165) is 10.4 Å². The van der Waals surface area contributed by atoms with Gasteiger partial charge in [0.05, 0.1) is 11.4 Å². The second-order valence-electron chi connectivity index (χ2n) is 4.79. The predicted octanol–water partition coefficient (Wildman–Crippen LogP) is 2.67. The molecule has 2 heterocycles. The van der Waals surface area contributed by atoms with Crippen LogP contribution in [-0.4, -0.2) is 9.55 Å². The van der Waals surface area contributed by atoms with Crippen LogP contribution in [0.1, 0.15) is 23.4 Å². The molecule has 5 heteroatoms. The number of benzene rings is 1. The number of rotatable bonds is 2. The number of hydrogen-bond donors (Lipinski definition) is 1. The van der Waals surface area contributed by atoms with Crippen molar-refractivity contribution in [1.82, 2.24) is 9.55 Å². The van der Waals surface area contributed by atoms with Crippen molar-refractivity contribution in [2.24, 2.45) is 0 Å². The van der Waals surface area contributed by atoms with Gasteiger partial charge in [-0.25, -0.2) is 4.79 Å². The topological polar surface area (TPSA) is 54.9 Å². The summed E-state index contributed by atoms with van der Waals surface area (Å²) in [6.07, 6.45) is 0. The van der Waals surface area contributed by atoms with Gasteiger partial charge in [-0.3, -0.25) is 14.3 Å². The third-order valence-electron chi connectivity index (χ3n) is 3.41. The Hall–Kier alpha value is -2.14. The smallest absolute Gasteiger partial charge is 0.298 e. The minimum Gasteiger partial charge on any atom is -0.298 e. The van der Waals surface area contributed by atoms with Crippen molar-refractivity contribution < 1.29 is 0 Å². The molecule has 102 valence electrons. The third-order valence-corrected chi connectivity index (χ3v) is 4.38. The Labute approximate surface area is 119 Å². The lowest BCUT2D eigenvalue weighted by atomic mass is 10.1. The first-order valence-corrected chi connectivity index (χ1v) is 7.19. The molecule has 0 amide bonds. The predicted molar refractivity (Wildman–Crippen MR) is 81.7 cm³/mol. The van der Waals surface area contributed by atoms with Gasteiger partial charge in [0.15, 0.2) is 0 Å². The van der Waals surface area contributed by atoms with Gasteiger partial charge in [-0.15, -0.1) is 11.3 Å². The maximum atomic E-state index is 12.5. The van der Waals surface area contributed by atoms with E-state index in [-0.39, 0.29) is 17.3 Å². The van der Waals surface area contributed by atoms with Crippen LogP contribution in [-0.2, 0) is 0 Å². The summed E-state index contributed by atoms with van der Waals surface area (Å²) in [5, 5.41) is 0.579. The van der Waals surface area contributed by atoms with Gasteiger partial charge in [0, 0.05) is 4.88 Å². The van der Waals surface area contributed by atoms with E-state index in [9.17, 15) is 9.59 Å². The van der Waals surface area contributed by atoms with Crippen molar-refractivity contribution in [3.8, 4) is 0 Å². The number of thiophene rings is 1. The minimum atomic E-state index is -0.360. The number of aromatic nitrogens is 2. The van der Waals surface area contributed by atoms with Gasteiger partial charge in [-0.2, -0.15) is 0 Å². The van der Waals surface area contributed by atoms with Crippen LogP contribution in [0.2, 0.25) is 0 Å². The van der Waals surface area contributed by atoms with Gasteiger partial charge in [0.2, 0.25) is 0 Å². The van der Waals surface area contributed by atoms with Crippen molar-refractivity contribution in [1.29, 1.82) is 0 Å². The van der Waals surface area contributed by atoms with E-state index in [0.29, 0.717) is 10.2 Å². The Morgan fingerprint density at radius 2 is 1.90 bits per heavy atom. The number of nitrogens with one attached hydrogen (secondary N) is 1. The molecular weight excluding hydrogens is 272 g/mol. The zero-order valence-corrected chi connectivity index (χ0v) is 12.0. The lowest BCUT2D eigenvalue weighted by Crippen LogP contribution is -2.37. The highest BCUT2D eigenvalue weighted by Crippen LogP contribution is 2.20. The van der Waals surface area contributed by atoms with E-state index in [2.05, 4.69) is 4.98 Å². The van der Waals surface area contributed by atoms with Gasteiger partial charge in [-0.05, 0) is 25.5 Å². The maximum absolute atomic E-state index is 12.5. The van der Waals surface area contributed by atoms with Crippen LogP contribution in [0.15, 0.2) is 46.0 Å². The molecule has 0 saturated carbocycles. The molecular formula is C15H14N2O2S. The second-order valence-corrected chi connectivity index (χ2v) is 6.05. The first-order valence-electron chi connectivity index (χ1n) is 6.38. The molecule has 1 unspecified atom stereocenters. The van der Waals surface area contributed by atoms with Crippen LogP contribution in [0.25, 0.3) is 10.2 Å². The van der Waals surface area contributed by atoms with Crippen LogP contribution in [0.4, 0.5) is 0 Å². The molecule has 0 aliphatic rings. The summed E-state index contributed by atoms with van der Waals surface area (Å²) in [4.78, 5) is 29.2. The van der Waals surface area contributed by atoms with Crippen molar-refractivity contribution in [2.45, 2.75) is 19.9 Å². The van der Waals surface area contributed by atoms with Crippen molar-refractivity contribution in [3.05, 3.63) is 67.7 Å². The molecule has 0 radical (unpaired) electrons. The van der Waals surface area contributed by atoms with Crippen LogP contribution < -0.4 is 11.2 Å². The molecule has 0 saturated heterocycles. The molecule has 20 heavy (non-hydrogen) atoms. The molecule has 0 spiro atoms. The van der Waals surface area contributed by atoms with Crippen LogP contribution in [0.5, 0.6) is 0 Å². The SMILES string of the molecule is Cc1cc2c(=O)n(C(C)c3ccccc3)c(=O)[nH]c2s1. The lowest BCUT2D eigenvalue weighted by Gasteiger charge is -2.14. The summed E-state index contributed by atoms with van der Waals surface area (Å²) < 4.78 is 1.28. The highest BCUT2D eigenvalue weighted by atomic mass is 32.1. The average Bonchev–Trinajstić information content (AvgIpc) is 2.80. The first-order chi connectivity index (χ1) is 9.58. The lowest BCUT2D eigenvalue weighted by molar-refractivity contribution is 0.586. The number of H-pyrrole nitrogens is 1. The van der Waals surface area contributed by atoms with Gasteiger partial charge < -0.3 is 0 Å². The molecule has 3 rings (SSSR count). The molecule has 1 atom stereocenters. The van der Waals surface area contributed by atoms with Crippen molar-refractivity contribution >= 4 is 21.6 Å². The molecule has 0 bridgehead atoms. The Morgan fingerprint density at radius 3 is 2.60 bits per heavy atom. The summed E-state index contributed by atoms with van der Waals surface area (Å²) in [5.74, 6) is 0. The fraction of sp³-hybridized carbons (Fsp3) is 0.200. The van der Waals surface area contributed by atoms with Gasteiger partial charge in [0.25, 0.3) is 5.56 Å². The summed E-state index contributed by atoms with van der Waals surface area (Å²) >= 11 is 1.43. The largest absolute Gasteiger partial charge is 0.330 e. The summed E-state index contributed by atoms with van der Waals surface area (Å²) in [6.45, 7) is 3.78. The minimum absolute atomic E-state index is 0.232. The zero-order chi connectivity index (χ0) is 14.3. The second kappa shape index (κ2) is 4.76. The number of nitrogens with zero attached hydrogens (tertiary/aromatic N) is 1. The number of hydrogen-bond acceptors (Lipinski definition) is 3. The molecule has 0 fully saturated rings. The fourth-order valence-corrected chi connectivity index (χ4v) is 3.27. The molecule has 3 aromatic rings. The average molecular weight is 286 g/mol. The number of aromatic amines is 1. The van der Waals surface area contributed by atoms with Crippen LogP contribution >= 0.6 is 11.3 Å². The van der Waals surface area contributed by atoms with E-state index in [1.807, 2.05) is 50.2 Å². The van der Waals surface area contributed by atoms with Crippen LogP contribution in [0.3, 0.4) is 0 Å². The quantitative estimate of drug-likeness (QED) is 0.787. The fourth-order valence-electron chi connectivity index (χ4n) is 2.38. The number of aryl methyl sites for hydroxylation is 1. The summed E-state index contributed by atoms with van der Waals surface area (Å²) in [6, 6.07) is 11.1. The first kappa shape index (κ1) is 12.9. The van der Waals surface area contributed by atoms with Crippen LogP contribution in [0, 0.1) is 6.92 Å². The third kappa shape index (κ3) is 2.00. The van der Waals surface area contributed by atoms with E-state index in [1.165, 1.54) is 15.9 Å². The normalized spacial score (nSPS) is 12.7. The maximum Gasteiger partial charge on any atom is 0.330 e. The number of fused-ring (bicyclic) bond motifs is 1. The monoisotopic (exact) mass is 286 g/mol. The molecule has 1 aromatic carbocycles. The van der Waals surface area contributed by atoms with Crippen molar-refractivity contribution in [2.75, 3.05) is 0 Å². The molecule has 2 aromatic heterocycles. The molecule has 0 aliphatic heterocycles.